The van der Waals surface area contributed by atoms with Gasteiger partial charge < -0.3 is 4.43 Å². The highest BCUT2D eigenvalue weighted by Crippen LogP contribution is 2.37. The van der Waals surface area contributed by atoms with E-state index >= 15 is 0 Å². The highest BCUT2D eigenvalue weighted by Gasteiger charge is 2.38. The fraction of sp³-hybridized carbons (Fsp3) is 0.400. The smallest absolute Gasteiger partial charge is 0.250 e. The van der Waals surface area contributed by atoms with Crippen LogP contribution in [0.15, 0.2) is 54.6 Å². The van der Waals surface area contributed by atoms with Crippen LogP contribution in [0.1, 0.15) is 44.7 Å². The maximum Gasteiger partial charge on any atom is 0.250 e. The molecule has 0 heterocycles. The van der Waals surface area contributed by atoms with E-state index in [4.69, 9.17) is 4.43 Å². The summed E-state index contributed by atoms with van der Waals surface area (Å²) in [7, 11) is -1.75. The molecule has 0 amide bonds. The summed E-state index contributed by atoms with van der Waals surface area (Å²) in [6.07, 6.45) is 0. The van der Waals surface area contributed by atoms with E-state index in [0.717, 1.165) is 5.75 Å². The Hall–Kier alpha value is -1.54. The third kappa shape index (κ3) is 3.80. The molecule has 0 fully saturated rings. The van der Waals surface area contributed by atoms with E-state index in [2.05, 4.69) is 95.4 Å². The van der Waals surface area contributed by atoms with Crippen LogP contribution < -0.4 is 4.43 Å². The Morgan fingerprint density at radius 1 is 0.818 bits per heavy atom. The molecule has 118 valence electrons. The summed E-state index contributed by atoms with van der Waals surface area (Å²) in [6.45, 7) is 13.6. The minimum atomic E-state index is -1.75. The predicted molar refractivity (Wildman–Crippen MR) is 98.2 cm³/mol. The normalized spacial score (nSPS) is 13.7. The second kappa shape index (κ2) is 6.29. The van der Waals surface area contributed by atoms with Gasteiger partial charge in [-0.2, -0.15) is 0 Å². The molecule has 1 atom stereocenters. The van der Waals surface area contributed by atoms with E-state index in [1.165, 1.54) is 11.1 Å². The zero-order chi connectivity index (χ0) is 16.4. The molecule has 0 aliphatic carbocycles. The zero-order valence-electron chi connectivity index (χ0n) is 14.7. The predicted octanol–water partition coefficient (Wildman–Crippen LogP) is 6.22. The molecule has 2 heteroatoms. The van der Waals surface area contributed by atoms with Crippen molar-refractivity contribution in [2.24, 2.45) is 0 Å². The Bertz CT molecular complexity index is 594. The molecule has 2 rings (SSSR count). The Kier molecular flexibility index (Phi) is 4.81. The van der Waals surface area contributed by atoms with Gasteiger partial charge in [0.2, 0.25) is 8.32 Å². The van der Waals surface area contributed by atoms with E-state index in [1.807, 2.05) is 0 Å². The highest BCUT2D eigenvalue weighted by atomic mass is 28.4. The summed E-state index contributed by atoms with van der Waals surface area (Å²) < 4.78 is 6.35. The van der Waals surface area contributed by atoms with Gasteiger partial charge in [-0.3, -0.25) is 0 Å². The molecule has 0 aromatic heterocycles. The number of benzene rings is 2. The Balaban J connectivity index is 2.14. The standard InChI is InChI=1S/C20H28OSi/c1-16(17-10-8-7-9-11-17)18-12-14-19(15-13-18)21-22(5,6)20(2,3)4/h7-16H,1-6H3. The summed E-state index contributed by atoms with van der Waals surface area (Å²) in [4.78, 5) is 0. The van der Waals surface area contributed by atoms with Gasteiger partial charge in [0, 0.05) is 5.92 Å². The highest BCUT2D eigenvalue weighted by molar-refractivity contribution is 6.74. The molecule has 0 radical (unpaired) electrons. The van der Waals surface area contributed by atoms with Crippen molar-refractivity contribution in [3.8, 4) is 5.75 Å². The average Bonchev–Trinajstić information content (AvgIpc) is 2.47. The van der Waals surface area contributed by atoms with Crippen LogP contribution in [-0.2, 0) is 0 Å². The third-order valence-corrected chi connectivity index (χ3v) is 9.22. The summed E-state index contributed by atoms with van der Waals surface area (Å²) >= 11 is 0. The molecule has 0 N–H and O–H groups in total. The molecule has 0 bridgehead atoms. The molecule has 1 unspecified atom stereocenters. The van der Waals surface area contributed by atoms with Gasteiger partial charge in [0.25, 0.3) is 0 Å². The van der Waals surface area contributed by atoms with Crippen molar-refractivity contribution in [2.45, 2.75) is 51.7 Å². The Labute approximate surface area is 136 Å². The van der Waals surface area contributed by atoms with Crippen molar-refractivity contribution in [2.75, 3.05) is 0 Å². The monoisotopic (exact) mass is 312 g/mol. The van der Waals surface area contributed by atoms with Crippen molar-refractivity contribution in [3.63, 3.8) is 0 Å². The first-order valence-corrected chi connectivity index (χ1v) is 11.0. The number of hydrogen-bond acceptors (Lipinski definition) is 1. The van der Waals surface area contributed by atoms with Crippen molar-refractivity contribution >= 4 is 8.32 Å². The van der Waals surface area contributed by atoms with Crippen LogP contribution in [0.4, 0.5) is 0 Å². The third-order valence-electron chi connectivity index (χ3n) is 4.86. The first kappa shape index (κ1) is 16.8. The SMILES string of the molecule is CC(c1ccccc1)c1ccc(O[Si](C)(C)C(C)(C)C)cc1. The van der Waals surface area contributed by atoms with Crippen LogP contribution >= 0.6 is 0 Å². The summed E-state index contributed by atoms with van der Waals surface area (Å²) in [5, 5.41) is 0.225. The average molecular weight is 313 g/mol. The van der Waals surface area contributed by atoms with Gasteiger partial charge in [-0.25, -0.2) is 0 Å². The summed E-state index contributed by atoms with van der Waals surface area (Å²) in [6, 6.07) is 19.3. The van der Waals surface area contributed by atoms with Gasteiger partial charge in [-0.1, -0.05) is 70.2 Å². The Morgan fingerprint density at radius 3 is 1.82 bits per heavy atom. The lowest BCUT2D eigenvalue weighted by Gasteiger charge is -2.36. The maximum atomic E-state index is 6.35. The van der Waals surface area contributed by atoms with E-state index in [0.29, 0.717) is 5.92 Å². The second-order valence-electron chi connectivity index (χ2n) is 7.56. The molecule has 1 nitrogen and oxygen atoms in total. The van der Waals surface area contributed by atoms with Crippen LogP contribution in [0.2, 0.25) is 18.1 Å². The fourth-order valence-corrected chi connectivity index (χ4v) is 3.24. The minimum absolute atomic E-state index is 0.225. The van der Waals surface area contributed by atoms with Crippen LogP contribution in [0, 0.1) is 0 Å². The largest absolute Gasteiger partial charge is 0.544 e. The lowest BCUT2D eigenvalue weighted by atomic mass is 9.93. The van der Waals surface area contributed by atoms with E-state index in [-0.39, 0.29) is 5.04 Å². The van der Waals surface area contributed by atoms with Crippen molar-refractivity contribution < 1.29 is 4.43 Å². The van der Waals surface area contributed by atoms with Gasteiger partial charge in [0.1, 0.15) is 5.75 Å². The molecular formula is C20H28OSi. The van der Waals surface area contributed by atoms with E-state index in [9.17, 15) is 0 Å². The summed E-state index contributed by atoms with van der Waals surface area (Å²) in [5.74, 6) is 1.40. The van der Waals surface area contributed by atoms with Crippen LogP contribution in [0.5, 0.6) is 5.75 Å². The zero-order valence-corrected chi connectivity index (χ0v) is 15.7. The van der Waals surface area contributed by atoms with Crippen LogP contribution in [-0.4, -0.2) is 8.32 Å². The first-order chi connectivity index (χ1) is 10.2. The molecule has 0 aliphatic rings. The minimum Gasteiger partial charge on any atom is -0.544 e. The molecule has 22 heavy (non-hydrogen) atoms. The first-order valence-electron chi connectivity index (χ1n) is 8.04. The van der Waals surface area contributed by atoms with Crippen LogP contribution in [0.3, 0.4) is 0 Å². The van der Waals surface area contributed by atoms with Gasteiger partial charge in [-0.05, 0) is 41.4 Å². The molecule has 2 aromatic rings. The molecule has 0 saturated heterocycles. The molecule has 2 aromatic carbocycles. The van der Waals surface area contributed by atoms with Crippen LogP contribution in [0.25, 0.3) is 0 Å². The maximum absolute atomic E-state index is 6.35. The molecular weight excluding hydrogens is 284 g/mol. The van der Waals surface area contributed by atoms with Gasteiger partial charge in [-0.15, -0.1) is 0 Å². The second-order valence-corrected chi connectivity index (χ2v) is 12.3. The van der Waals surface area contributed by atoms with Gasteiger partial charge in [0.05, 0.1) is 0 Å². The number of rotatable bonds is 4. The molecule has 0 aliphatic heterocycles. The number of hydrogen-bond donors (Lipinski definition) is 0. The van der Waals surface area contributed by atoms with Crippen molar-refractivity contribution in [1.82, 2.24) is 0 Å². The summed E-state index contributed by atoms with van der Waals surface area (Å²) in [5.41, 5.74) is 2.68. The molecule has 0 saturated carbocycles. The lowest BCUT2D eigenvalue weighted by molar-refractivity contribution is 0.492. The van der Waals surface area contributed by atoms with Crippen molar-refractivity contribution in [1.29, 1.82) is 0 Å². The Morgan fingerprint density at radius 2 is 1.32 bits per heavy atom. The van der Waals surface area contributed by atoms with Gasteiger partial charge >= 0.3 is 0 Å². The molecule has 0 spiro atoms. The van der Waals surface area contributed by atoms with E-state index < -0.39 is 8.32 Å². The lowest BCUT2D eigenvalue weighted by Crippen LogP contribution is -2.43. The fourth-order valence-electron chi connectivity index (χ4n) is 2.21. The topological polar surface area (TPSA) is 9.23 Å². The van der Waals surface area contributed by atoms with Crippen molar-refractivity contribution in [3.05, 3.63) is 65.7 Å². The van der Waals surface area contributed by atoms with Gasteiger partial charge in [0.15, 0.2) is 0 Å². The van der Waals surface area contributed by atoms with E-state index in [1.54, 1.807) is 0 Å². The quantitative estimate of drug-likeness (QED) is 0.609.